The van der Waals surface area contributed by atoms with Crippen molar-refractivity contribution < 1.29 is 14.3 Å². The van der Waals surface area contributed by atoms with E-state index in [1.807, 2.05) is 18.2 Å². The van der Waals surface area contributed by atoms with Crippen LogP contribution in [0.5, 0.6) is 0 Å². The Morgan fingerprint density at radius 3 is 2.97 bits per heavy atom. The summed E-state index contributed by atoms with van der Waals surface area (Å²) in [5.74, 6) is 0.813. The third-order valence-corrected chi connectivity index (χ3v) is 8.10. The highest BCUT2D eigenvalue weighted by atomic mass is 32.2. The van der Waals surface area contributed by atoms with Gasteiger partial charge >= 0.3 is 5.97 Å². The number of para-hydroxylation sites is 1. The van der Waals surface area contributed by atoms with E-state index in [1.54, 1.807) is 17.8 Å². The summed E-state index contributed by atoms with van der Waals surface area (Å²) in [5, 5.41) is 12.9. The molecule has 2 aromatic carbocycles. The average Bonchev–Trinajstić information content (AvgIpc) is 3.48. The molecule has 164 valence electrons. The number of hydrogen-bond donors (Lipinski definition) is 3. The summed E-state index contributed by atoms with van der Waals surface area (Å²) in [7, 11) is 0. The highest BCUT2D eigenvalue weighted by Gasteiger charge is 2.43. The number of thioether (sulfide) groups is 2. The smallest absolute Gasteiger partial charge is 0.332 e. The minimum Gasteiger partial charge on any atom is -0.479 e. The number of carboxylic acid groups (broad SMARTS) is 1. The highest BCUT2D eigenvalue weighted by molar-refractivity contribution is 8.16. The van der Waals surface area contributed by atoms with Gasteiger partial charge in [0, 0.05) is 46.2 Å². The Balaban J connectivity index is 1.23. The molecule has 5 rings (SSSR count). The van der Waals surface area contributed by atoms with E-state index in [1.165, 1.54) is 34.8 Å². The van der Waals surface area contributed by atoms with Crippen LogP contribution in [-0.2, 0) is 17.6 Å². The first-order chi connectivity index (χ1) is 15.5. The molecule has 1 aliphatic heterocycles. The third kappa shape index (κ3) is 4.17. The van der Waals surface area contributed by atoms with Gasteiger partial charge in [-0.3, -0.25) is 4.99 Å². The molecule has 32 heavy (non-hydrogen) atoms. The number of aromatic nitrogens is 2. The molecule has 0 saturated heterocycles. The van der Waals surface area contributed by atoms with Gasteiger partial charge in [-0.05, 0) is 53.5 Å². The molecule has 1 aliphatic rings. The Hall–Kier alpha value is -2.71. The Bertz CT molecular complexity index is 1330. The lowest BCUT2D eigenvalue weighted by Gasteiger charge is -2.19. The van der Waals surface area contributed by atoms with Crippen molar-refractivity contribution in [3.63, 3.8) is 0 Å². The van der Waals surface area contributed by atoms with Crippen LogP contribution in [0.4, 0.5) is 4.39 Å². The van der Waals surface area contributed by atoms with Crippen LogP contribution in [0.3, 0.4) is 0 Å². The number of fused-ring (bicyclic) bond motifs is 2. The van der Waals surface area contributed by atoms with Crippen LogP contribution >= 0.6 is 23.5 Å². The zero-order valence-electron chi connectivity index (χ0n) is 17.2. The fourth-order valence-corrected chi connectivity index (χ4v) is 6.37. The minimum absolute atomic E-state index is 0.259. The fraction of sp³-hybridized carbons (Fsp3) is 0.250. The molecule has 5 nitrogen and oxygen atoms in total. The second kappa shape index (κ2) is 8.67. The molecule has 0 amide bonds. The first-order valence-electron chi connectivity index (χ1n) is 10.4. The van der Waals surface area contributed by atoms with E-state index in [-0.39, 0.29) is 12.2 Å². The Morgan fingerprint density at radius 1 is 1.22 bits per heavy atom. The van der Waals surface area contributed by atoms with Gasteiger partial charge in [-0.2, -0.15) is 11.8 Å². The van der Waals surface area contributed by atoms with Crippen LogP contribution < -0.4 is 0 Å². The summed E-state index contributed by atoms with van der Waals surface area (Å²) in [6, 6.07) is 14.7. The van der Waals surface area contributed by atoms with Gasteiger partial charge in [0.1, 0.15) is 5.82 Å². The number of aliphatic imine (C=N–C) groups is 1. The van der Waals surface area contributed by atoms with Crippen molar-refractivity contribution in [3.8, 4) is 0 Å². The first-order valence-corrected chi connectivity index (χ1v) is 12.5. The second-order valence-corrected chi connectivity index (χ2v) is 10.1. The van der Waals surface area contributed by atoms with Gasteiger partial charge in [0.05, 0.1) is 5.04 Å². The van der Waals surface area contributed by atoms with Gasteiger partial charge in [-0.25, -0.2) is 9.18 Å². The molecule has 3 heterocycles. The predicted octanol–water partition coefficient (Wildman–Crippen LogP) is 5.28. The first kappa shape index (κ1) is 21.2. The molecule has 0 aliphatic carbocycles. The van der Waals surface area contributed by atoms with Crippen LogP contribution in [0, 0.1) is 5.82 Å². The maximum absolute atomic E-state index is 13.5. The third-order valence-electron chi connectivity index (χ3n) is 5.75. The van der Waals surface area contributed by atoms with Crippen molar-refractivity contribution in [1.82, 2.24) is 9.97 Å². The number of nitrogens with zero attached hydrogens (tertiary/aromatic N) is 1. The van der Waals surface area contributed by atoms with E-state index < -0.39 is 11.5 Å². The molecule has 8 heteroatoms. The molecule has 1 unspecified atom stereocenters. The Kier molecular flexibility index (Phi) is 5.73. The number of benzene rings is 2. The molecule has 0 spiro atoms. The van der Waals surface area contributed by atoms with Gasteiger partial charge < -0.3 is 15.1 Å². The molecule has 1 atom stereocenters. The number of H-pyrrole nitrogens is 2. The number of rotatable bonds is 8. The van der Waals surface area contributed by atoms with E-state index in [0.717, 1.165) is 33.8 Å². The normalized spacial score (nSPS) is 18.5. The van der Waals surface area contributed by atoms with E-state index in [0.29, 0.717) is 17.0 Å². The Labute approximate surface area is 192 Å². The fourth-order valence-electron chi connectivity index (χ4n) is 4.11. The van der Waals surface area contributed by atoms with E-state index >= 15 is 0 Å². The summed E-state index contributed by atoms with van der Waals surface area (Å²) in [5.41, 5.74) is 2.68. The zero-order valence-corrected chi connectivity index (χ0v) is 18.9. The maximum atomic E-state index is 13.5. The highest BCUT2D eigenvalue weighted by Crippen LogP contribution is 2.34. The number of aromatic amines is 2. The van der Waals surface area contributed by atoms with Crippen LogP contribution in [0.25, 0.3) is 21.8 Å². The summed E-state index contributed by atoms with van der Waals surface area (Å²) in [6.45, 7) is 0. The van der Waals surface area contributed by atoms with Crippen LogP contribution in [0.15, 0.2) is 59.7 Å². The number of hydrogen-bond acceptors (Lipinski definition) is 4. The molecule has 3 N–H and O–H groups in total. The lowest BCUT2D eigenvalue weighted by molar-refractivity contribution is -0.142. The van der Waals surface area contributed by atoms with E-state index in [9.17, 15) is 14.3 Å². The van der Waals surface area contributed by atoms with Crippen molar-refractivity contribution in [1.29, 1.82) is 0 Å². The van der Waals surface area contributed by atoms with Crippen molar-refractivity contribution in [2.45, 2.75) is 18.4 Å². The molecule has 0 saturated carbocycles. The zero-order chi connectivity index (χ0) is 22.1. The largest absolute Gasteiger partial charge is 0.479 e. The van der Waals surface area contributed by atoms with Gasteiger partial charge in [0.2, 0.25) is 0 Å². The van der Waals surface area contributed by atoms with Crippen molar-refractivity contribution in [2.75, 3.05) is 17.3 Å². The van der Waals surface area contributed by atoms with Crippen LogP contribution in [-0.4, -0.2) is 48.9 Å². The van der Waals surface area contributed by atoms with Crippen molar-refractivity contribution >= 4 is 56.3 Å². The summed E-state index contributed by atoms with van der Waals surface area (Å²) >= 11 is 3.30. The number of halogens is 1. The average molecular weight is 468 g/mol. The molecule has 0 fully saturated rings. The minimum atomic E-state index is -1.18. The molecular formula is C24H22FN3O2S2. The molecule has 0 bridgehead atoms. The second-order valence-electron chi connectivity index (χ2n) is 8.00. The summed E-state index contributed by atoms with van der Waals surface area (Å²) < 4.78 is 13.5. The monoisotopic (exact) mass is 467 g/mol. The summed E-state index contributed by atoms with van der Waals surface area (Å²) in [6.07, 6.45) is 3.27. The standard InChI is InChI=1S/C24H22FN3O2S2/c25-17-6-5-15-9-18(27-21(15)10-17)11-24(23(29)30)14-32-22(28-24)13-31-8-7-16-12-26-20-4-2-1-3-19(16)20/h1-6,9-10,12,26-27H,7-8,11,13-14H2,(H,29,30). The molecule has 0 radical (unpaired) electrons. The van der Waals surface area contributed by atoms with Gasteiger partial charge in [0.15, 0.2) is 5.54 Å². The van der Waals surface area contributed by atoms with E-state index in [2.05, 4.69) is 33.3 Å². The number of nitrogens with one attached hydrogen (secondary N) is 2. The van der Waals surface area contributed by atoms with Crippen molar-refractivity contribution in [3.05, 3.63) is 71.8 Å². The van der Waals surface area contributed by atoms with Crippen LogP contribution in [0.2, 0.25) is 0 Å². The number of carbonyl (C=O) groups is 1. The van der Waals surface area contributed by atoms with E-state index in [4.69, 9.17) is 0 Å². The van der Waals surface area contributed by atoms with Crippen LogP contribution in [0.1, 0.15) is 11.3 Å². The quantitative estimate of drug-likeness (QED) is 0.308. The molecule has 4 aromatic rings. The SMILES string of the molecule is O=C(O)C1(Cc2cc3ccc(F)cc3[nH]2)CSC(CSCCc2c[nH]c3ccccc23)=N1. The lowest BCUT2D eigenvalue weighted by Crippen LogP contribution is -2.39. The number of aryl methyl sites for hydroxylation is 1. The number of aliphatic carboxylic acids is 1. The number of carboxylic acids is 1. The maximum Gasteiger partial charge on any atom is 0.332 e. The summed E-state index contributed by atoms with van der Waals surface area (Å²) in [4.78, 5) is 23.2. The molecule has 2 aromatic heterocycles. The van der Waals surface area contributed by atoms with Gasteiger partial charge in [-0.1, -0.05) is 18.2 Å². The lowest BCUT2D eigenvalue weighted by atomic mass is 9.96. The van der Waals surface area contributed by atoms with Gasteiger partial charge in [-0.15, -0.1) is 11.8 Å². The van der Waals surface area contributed by atoms with Crippen molar-refractivity contribution in [2.24, 2.45) is 4.99 Å². The topological polar surface area (TPSA) is 81.2 Å². The molecular weight excluding hydrogens is 445 g/mol. The predicted molar refractivity (Wildman–Crippen MR) is 132 cm³/mol. The Morgan fingerprint density at radius 2 is 2.09 bits per heavy atom. The van der Waals surface area contributed by atoms with Gasteiger partial charge in [0.25, 0.3) is 0 Å².